The maximum absolute atomic E-state index is 10.5. The molecule has 0 amide bonds. The monoisotopic (exact) mass is 196 g/mol. The van der Waals surface area contributed by atoms with Gasteiger partial charge in [-0.3, -0.25) is 0 Å². The van der Waals surface area contributed by atoms with E-state index in [-0.39, 0.29) is 37.7 Å². The van der Waals surface area contributed by atoms with Gasteiger partial charge in [-0.15, -0.1) is 0 Å². The molecule has 0 spiro atoms. The zero-order valence-electron chi connectivity index (χ0n) is 5.87. The van der Waals surface area contributed by atoms with Crippen LogP contribution in [0.4, 0.5) is 0 Å². The van der Waals surface area contributed by atoms with Crippen molar-refractivity contribution in [1.29, 1.82) is 0 Å². The van der Waals surface area contributed by atoms with Gasteiger partial charge in [-0.25, -0.2) is 0 Å². The zero-order chi connectivity index (χ0) is 7.84. The Bertz CT molecular complexity index is 121. The summed E-state index contributed by atoms with van der Waals surface area (Å²) in [5.74, 6) is 0. The summed E-state index contributed by atoms with van der Waals surface area (Å²) in [5, 5.41) is 21.0. The summed E-state index contributed by atoms with van der Waals surface area (Å²) >= 11 is 0. The van der Waals surface area contributed by atoms with Crippen molar-refractivity contribution >= 4 is 67.0 Å². The molecule has 2 heterocycles. The first kappa shape index (κ1) is 11.3. The maximum atomic E-state index is 10.5. The first-order chi connectivity index (χ1) is 5.24. The summed E-state index contributed by atoms with van der Waals surface area (Å²) in [6.45, 7) is 0. The van der Waals surface area contributed by atoms with Gasteiger partial charge in [0, 0.05) is 0 Å². The van der Waals surface area contributed by atoms with Crippen LogP contribution in [0.15, 0.2) is 0 Å². The second kappa shape index (κ2) is 4.65. The van der Waals surface area contributed by atoms with Gasteiger partial charge >= 0.3 is 67.0 Å². The van der Waals surface area contributed by atoms with Crippen LogP contribution in [0.2, 0.25) is 0 Å². The first-order valence-corrected chi connectivity index (χ1v) is 2.83. The fourth-order valence-corrected chi connectivity index (χ4v) is 0.710. The minimum Gasteiger partial charge on any atom is -0.833 e. The zero-order valence-corrected chi connectivity index (χ0v) is 8.08. The van der Waals surface area contributed by atoms with Crippen molar-refractivity contribution in [1.82, 2.24) is 0 Å². The third kappa shape index (κ3) is 2.61. The minimum absolute atomic E-state index is 0. The Morgan fingerprint density at radius 2 is 1.00 bits per heavy atom. The first-order valence-electron chi connectivity index (χ1n) is 2.83. The fraction of sp³-hybridized carbons (Fsp3) is 0. The summed E-state index contributed by atoms with van der Waals surface area (Å²) in [4.78, 5) is 0. The Balaban J connectivity index is 0.000000720. The Kier molecular flexibility index (Phi) is 4.38. The molecule has 2 bridgehead atoms. The van der Waals surface area contributed by atoms with Crippen molar-refractivity contribution in [2.45, 2.75) is 0 Å². The molecule has 2 fully saturated rings. The van der Waals surface area contributed by atoms with Crippen molar-refractivity contribution in [3.8, 4) is 0 Å². The normalized spacial score (nSPS) is 22.5. The van der Waals surface area contributed by atoms with Crippen molar-refractivity contribution in [2.24, 2.45) is 0 Å². The second-order valence-electron chi connectivity index (χ2n) is 1.84. The van der Waals surface area contributed by atoms with Gasteiger partial charge in [0.25, 0.3) is 0 Å². The molecule has 0 saturated carbocycles. The van der Waals surface area contributed by atoms with Crippen molar-refractivity contribution in [3.05, 3.63) is 0 Å². The smallest absolute Gasteiger partial charge is 0.833 e. The van der Waals surface area contributed by atoms with E-state index in [0.717, 1.165) is 0 Å². The van der Waals surface area contributed by atoms with E-state index in [4.69, 9.17) is 0 Å². The topological polar surface area (TPSA) is 92.3 Å². The van der Waals surface area contributed by atoms with E-state index in [0.29, 0.717) is 0 Å². The third-order valence-electron chi connectivity index (χ3n) is 1.11. The van der Waals surface area contributed by atoms with Crippen molar-refractivity contribution in [3.63, 3.8) is 0 Å². The van der Waals surface area contributed by atoms with Gasteiger partial charge in [-0.05, 0) is 0 Å². The quantitative estimate of drug-likeness (QED) is 0.359. The van der Waals surface area contributed by atoms with Crippen LogP contribution in [0.3, 0.4) is 0 Å². The molecule has 0 N–H and O–H groups in total. The van der Waals surface area contributed by atoms with Crippen LogP contribution in [0.25, 0.3) is 0 Å². The van der Waals surface area contributed by atoms with Crippen LogP contribution < -0.4 is 10.0 Å². The summed E-state index contributed by atoms with van der Waals surface area (Å²) in [6, 6.07) is 0. The van der Waals surface area contributed by atoms with Gasteiger partial charge in [0.05, 0.1) is 0 Å². The van der Waals surface area contributed by atoms with E-state index in [9.17, 15) is 10.0 Å². The third-order valence-corrected chi connectivity index (χ3v) is 1.11. The molecule has 0 radical (unpaired) electrons. The Morgan fingerprint density at radius 1 is 0.667 bits per heavy atom. The maximum Gasteiger partial charge on any atom is 2.00 e. The van der Waals surface area contributed by atoms with Crippen LogP contribution >= 0.6 is 0 Å². The molecule has 2 aliphatic rings. The van der Waals surface area contributed by atoms with Gasteiger partial charge in [0.2, 0.25) is 0 Å². The molecule has 0 aliphatic carbocycles. The van der Waals surface area contributed by atoms with E-state index in [2.05, 4.69) is 22.9 Å². The summed E-state index contributed by atoms with van der Waals surface area (Å²) < 4.78 is 21.9. The van der Waals surface area contributed by atoms with Gasteiger partial charge in [-0.1, -0.05) is 0 Å². The van der Waals surface area contributed by atoms with Crippen LogP contribution in [-0.2, 0) is 22.9 Å². The molecule has 7 nitrogen and oxygen atoms in total. The molecule has 0 unspecified atom stereocenters. The predicted octanol–water partition coefficient (Wildman–Crippen LogP) is -4.62. The van der Waals surface area contributed by atoms with Crippen LogP contribution in [0.5, 0.6) is 0 Å². The molecule has 2 aliphatic heterocycles. The predicted molar refractivity (Wildman–Crippen MR) is 34.2 cm³/mol. The van der Waals surface area contributed by atoms with E-state index >= 15 is 0 Å². The van der Waals surface area contributed by atoms with E-state index < -0.39 is 29.3 Å². The molecule has 2 saturated heterocycles. The molecule has 0 aromatic carbocycles. The molecular weight excluding hydrogens is 195 g/mol. The molecular formula is B4CaO7. The standard InChI is InChI=1S/B4O7.Ca/c5-1-7-3-9-2(6)10-4(8-1)11-3;/q-2;+2. The molecule has 12 heavy (non-hydrogen) atoms. The SMILES string of the molecule is [Ca+2].[O-]B1OB2OB([O-])OB(O1)O2. The van der Waals surface area contributed by atoms with Crippen molar-refractivity contribution in [2.75, 3.05) is 0 Å². The number of hydrogen-bond acceptors (Lipinski definition) is 7. The van der Waals surface area contributed by atoms with Crippen molar-refractivity contribution < 1.29 is 32.9 Å². The molecule has 0 aromatic heterocycles. The van der Waals surface area contributed by atoms with E-state index in [1.165, 1.54) is 0 Å². The Labute approximate surface area is 99.3 Å². The average Bonchev–Trinajstić information content (AvgIpc) is 1.82. The van der Waals surface area contributed by atoms with Gasteiger partial charge in [0.1, 0.15) is 0 Å². The number of fused-ring (bicyclic) bond motifs is 2. The number of hydrogen-bond donors (Lipinski definition) is 0. The molecule has 12 heteroatoms. The number of rotatable bonds is 0. The van der Waals surface area contributed by atoms with E-state index in [1.54, 1.807) is 0 Å². The largest absolute Gasteiger partial charge is 2.00 e. The van der Waals surface area contributed by atoms with Crippen LogP contribution in [0.1, 0.15) is 0 Å². The summed E-state index contributed by atoms with van der Waals surface area (Å²) in [6.07, 6.45) is 0. The van der Waals surface area contributed by atoms with E-state index in [1.807, 2.05) is 0 Å². The fourth-order valence-electron chi connectivity index (χ4n) is 0.710. The van der Waals surface area contributed by atoms with Gasteiger partial charge in [-0.2, -0.15) is 0 Å². The molecule has 56 valence electrons. The van der Waals surface area contributed by atoms with Crippen LogP contribution in [-0.4, -0.2) is 67.0 Å². The Hall–Kier alpha value is 1.24. The van der Waals surface area contributed by atoms with Crippen LogP contribution in [0, 0.1) is 0 Å². The summed E-state index contributed by atoms with van der Waals surface area (Å²) in [5.41, 5.74) is 0. The molecule has 0 atom stereocenters. The van der Waals surface area contributed by atoms with Gasteiger partial charge in [0.15, 0.2) is 0 Å². The average molecular weight is 195 g/mol. The van der Waals surface area contributed by atoms with Gasteiger partial charge < -0.3 is 32.9 Å². The summed E-state index contributed by atoms with van der Waals surface area (Å²) in [7, 11) is -6.00. The minimum atomic E-state index is -1.73. The molecule has 0 aromatic rings. The second-order valence-corrected chi connectivity index (χ2v) is 1.84. The Morgan fingerprint density at radius 3 is 1.33 bits per heavy atom. The molecule has 2 rings (SSSR count).